The zero-order valence-electron chi connectivity index (χ0n) is 16.2. The van der Waals surface area contributed by atoms with Crippen molar-refractivity contribution in [2.45, 2.75) is 13.3 Å². The quantitative estimate of drug-likeness (QED) is 0.540. The lowest BCUT2D eigenvalue weighted by molar-refractivity contribution is -0.120. The van der Waals surface area contributed by atoms with Gasteiger partial charge >= 0.3 is 0 Å². The summed E-state index contributed by atoms with van der Waals surface area (Å²) in [6, 6.07) is 16.2. The van der Waals surface area contributed by atoms with Gasteiger partial charge in [0.25, 0.3) is 11.8 Å². The fourth-order valence-corrected chi connectivity index (χ4v) is 3.94. The summed E-state index contributed by atoms with van der Waals surface area (Å²) in [5.41, 5.74) is 1.23. The van der Waals surface area contributed by atoms with E-state index in [4.69, 9.17) is 4.74 Å². The van der Waals surface area contributed by atoms with Gasteiger partial charge in [0.2, 0.25) is 0 Å². The summed E-state index contributed by atoms with van der Waals surface area (Å²) in [7, 11) is 0. The number of amides is 2. The van der Waals surface area contributed by atoms with Gasteiger partial charge in [-0.1, -0.05) is 25.1 Å². The highest BCUT2D eigenvalue weighted by atomic mass is 32.1. The van der Waals surface area contributed by atoms with Crippen LogP contribution in [-0.4, -0.2) is 18.4 Å². The highest BCUT2D eigenvalue weighted by molar-refractivity contribution is 7.11. The van der Waals surface area contributed by atoms with Crippen molar-refractivity contribution in [1.82, 2.24) is 0 Å². The van der Waals surface area contributed by atoms with Crippen molar-refractivity contribution in [3.8, 4) is 5.75 Å². The van der Waals surface area contributed by atoms with E-state index in [9.17, 15) is 14.0 Å². The smallest absolute Gasteiger partial charge is 0.282 e. The third-order valence-electron chi connectivity index (χ3n) is 4.49. The van der Waals surface area contributed by atoms with Gasteiger partial charge in [-0.05, 0) is 48.2 Å². The van der Waals surface area contributed by atoms with Gasteiger partial charge in [-0.15, -0.1) is 11.3 Å². The highest BCUT2D eigenvalue weighted by Gasteiger charge is 2.40. The number of anilines is 2. The number of imide groups is 1. The molecular formula is C23H19FN2O3S. The molecule has 5 nitrogen and oxygen atoms in total. The van der Waals surface area contributed by atoms with Crippen LogP contribution < -0.4 is 15.0 Å². The second-order valence-corrected chi connectivity index (χ2v) is 7.60. The number of benzene rings is 2. The lowest BCUT2D eigenvalue weighted by atomic mass is 10.2. The molecule has 2 heterocycles. The van der Waals surface area contributed by atoms with Crippen LogP contribution in [0.3, 0.4) is 0 Å². The van der Waals surface area contributed by atoms with Crippen molar-refractivity contribution in [2.24, 2.45) is 0 Å². The van der Waals surface area contributed by atoms with E-state index in [0.717, 1.165) is 11.3 Å². The molecule has 1 aromatic heterocycles. The van der Waals surface area contributed by atoms with Crippen LogP contribution in [0.5, 0.6) is 5.75 Å². The molecule has 0 aliphatic carbocycles. The summed E-state index contributed by atoms with van der Waals surface area (Å²) in [5.74, 6) is -0.880. The van der Waals surface area contributed by atoms with Crippen LogP contribution in [0.15, 0.2) is 71.7 Å². The summed E-state index contributed by atoms with van der Waals surface area (Å²) in [4.78, 5) is 28.1. The van der Waals surface area contributed by atoms with E-state index >= 15 is 0 Å². The van der Waals surface area contributed by atoms with Crippen molar-refractivity contribution in [3.63, 3.8) is 0 Å². The number of carbonyl (C=O) groups excluding carboxylic acids is 2. The van der Waals surface area contributed by atoms with E-state index in [0.29, 0.717) is 22.9 Å². The third-order valence-corrected chi connectivity index (χ3v) is 5.38. The molecule has 1 N–H and O–H groups in total. The first-order valence-corrected chi connectivity index (χ1v) is 10.4. The summed E-state index contributed by atoms with van der Waals surface area (Å²) < 4.78 is 19.4. The number of hydrogen-bond donors (Lipinski definition) is 1. The van der Waals surface area contributed by atoms with Crippen molar-refractivity contribution >= 4 is 40.1 Å². The molecule has 1 aliphatic heterocycles. The lowest BCUT2D eigenvalue weighted by Crippen LogP contribution is -2.32. The average Bonchev–Trinajstić information content (AvgIpc) is 3.34. The Kier molecular flexibility index (Phi) is 5.63. The zero-order valence-corrected chi connectivity index (χ0v) is 17.0. The van der Waals surface area contributed by atoms with Gasteiger partial charge in [0, 0.05) is 16.6 Å². The molecule has 152 valence electrons. The minimum Gasteiger partial charge on any atom is -0.494 e. The Morgan fingerprint density at radius 2 is 1.87 bits per heavy atom. The predicted octanol–water partition coefficient (Wildman–Crippen LogP) is 5.07. The number of carbonyl (C=O) groups is 2. The maximum atomic E-state index is 13.7. The van der Waals surface area contributed by atoms with Gasteiger partial charge in [0.05, 0.1) is 17.9 Å². The Balaban J connectivity index is 1.73. The van der Waals surface area contributed by atoms with Crippen molar-refractivity contribution < 1.29 is 18.7 Å². The molecule has 2 amide bonds. The standard InChI is InChI=1S/C23H19FN2O3S/c1-2-11-29-18-9-4-7-16(14-18)25-21-20(19-10-5-12-30-19)22(27)26(23(21)28)17-8-3-6-15(24)13-17/h3-10,12-14,25H,2,11H2,1H3. The minimum atomic E-state index is -0.533. The molecule has 3 aromatic rings. The van der Waals surface area contributed by atoms with E-state index in [1.54, 1.807) is 18.2 Å². The largest absolute Gasteiger partial charge is 0.494 e. The van der Waals surface area contributed by atoms with Crippen LogP contribution in [0.25, 0.3) is 5.57 Å². The molecule has 30 heavy (non-hydrogen) atoms. The van der Waals surface area contributed by atoms with E-state index in [-0.39, 0.29) is 17.0 Å². The first-order valence-electron chi connectivity index (χ1n) is 9.51. The molecule has 2 aromatic carbocycles. The second-order valence-electron chi connectivity index (χ2n) is 6.65. The monoisotopic (exact) mass is 422 g/mol. The zero-order chi connectivity index (χ0) is 21.1. The minimum absolute atomic E-state index is 0.152. The molecule has 0 spiro atoms. The van der Waals surface area contributed by atoms with E-state index in [1.807, 2.05) is 30.5 Å². The van der Waals surface area contributed by atoms with Gasteiger partial charge in [0.15, 0.2) is 0 Å². The number of rotatable bonds is 7. The number of hydrogen-bond acceptors (Lipinski definition) is 5. The summed E-state index contributed by atoms with van der Waals surface area (Å²) >= 11 is 1.36. The van der Waals surface area contributed by atoms with Crippen LogP contribution in [0.1, 0.15) is 18.2 Å². The molecular weight excluding hydrogens is 403 g/mol. The van der Waals surface area contributed by atoms with E-state index in [2.05, 4.69) is 5.32 Å². The number of nitrogens with one attached hydrogen (secondary N) is 1. The van der Waals surface area contributed by atoms with Gasteiger partial charge < -0.3 is 10.1 Å². The van der Waals surface area contributed by atoms with Crippen LogP contribution in [0, 0.1) is 5.82 Å². The van der Waals surface area contributed by atoms with Crippen LogP contribution in [0.4, 0.5) is 15.8 Å². The molecule has 0 unspecified atom stereocenters. The van der Waals surface area contributed by atoms with Crippen molar-refractivity contribution in [2.75, 3.05) is 16.8 Å². The van der Waals surface area contributed by atoms with Crippen LogP contribution in [0.2, 0.25) is 0 Å². The first kappa shape index (κ1) is 19.8. The second kappa shape index (κ2) is 8.51. The molecule has 0 bridgehead atoms. The summed E-state index contributed by atoms with van der Waals surface area (Å²) in [6.07, 6.45) is 0.876. The molecule has 0 radical (unpaired) electrons. The van der Waals surface area contributed by atoms with Crippen LogP contribution >= 0.6 is 11.3 Å². The topological polar surface area (TPSA) is 58.6 Å². The molecule has 0 atom stereocenters. The Bertz CT molecular complexity index is 1120. The normalized spacial score (nSPS) is 13.9. The predicted molar refractivity (Wildman–Crippen MR) is 116 cm³/mol. The number of ether oxygens (including phenoxy) is 1. The number of nitrogens with zero attached hydrogens (tertiary/aromatic N) is 1. The van der Waals surface area contributed by atoms with E-state index in [1.165, 1.54) is 35.6 Å². The molecule has 4 rings (SSSR count). The molecule has 0 saturated carbocycles. The molecule has 0 saturated heterocycles. The highest BCUT2D eigenvalue weighted by Crippen LogP contribution is 2.36. The summed E-state index contributed by atoms with van der Waals surface area (Å²) in [6.45, 7) is 2.60. The van der Waals surface area contributed by atoms with Crippen molar-refractivity contribution in [1.29, 1.82) is 0 Å². The molecule has 0 fully saturated rings. The molecule has 1 aliphatic rings. The van der Waals surface area contributed by atoms with Gasteiger partial charge in [-0.3, -0.25) is 9.59 Å². The lowest BCUT2D eigenvalue weighted by Gasteiger charge is -2.15. The molecule has 7 heteroatoms. The Labute approximate surface area is 177 Å². The van der Waals surface area contributed by atoms with Crippen LogP contribution in [-0.2, 0) is 9.59 Å². The third kappa shape index (κ3) is 3.84. The van der Waals surface area contributed by atoms with Gasteiger partial charge in [-0.2, -0.15) is 0 Å². The summed E-state index contributed by atoms with van der Waals surface area (Å²) in [5, 5.41) is 4.93. The number of halogens is 1. The Morgan fingerprint density at radius 3 is 2.60 bits per heavy atom. The first-order chi connectivity index (χ1) is 14.6. The van der Waals surface area contributed by atoms with E-state index < -0.39 is 17.6 Å². The Morgan fingerprint density at radius 1 is 1.03 bits per heavy atom. The van der Waals surface area contributed by atoms with Gasteiger partial charge in [0.1, 0.15) is 17.3 Å². The van der Waals surface area contributed by atoms with Crippen molar-refractivity contribution in [3.05, 3.63) is 82.4 Å². The average molecular weight is 422 g/mol. The fourth-order valence-electron chi connectivity index (χ4n) is 3.17. The SMILES string of the molecule is CCCOc1cccc(NC2=C(c3cccs3)C(=O)N(c3cccc(F)c3)C2=O)c1. The fraction of sp³-hybridized carbons (Fsp3) is 0.130. The maximum absolute atomic E-state index is 13.7. The van der Waals surface area contributed by atoms with Gasteiger partial charge in [-0.25, -0.2) is 9.29 Å². The maximum Gasteiger partial charge on any atom is 0.282 e. The Hall–Kier alpha value is -3.45. The number of thiophene rings is 1.